The van der Waals surface area contributed by atoms with Crippen molar-refractivity contribution in [1.82, 2.24) is 14.9 Å². The van der Waals surface area contributed by atoms with Crippen LogP contribution in [0.3, 0.4) is 0 Å². The van der Waals surface area contributed by atoms with Crippen LogP contribution in [0.25, 0.3) is 21.3 Å². The monoisotopic (exact) mass is 323 g/mol. The first-order valence-electron chi connectivity index (χ1n) is 7.61. The Morgan fingerprint density at radius 1 is 1.04 bits per heavy atom. The van der Waals surface area contributed by atoms with Crippen molar-refractivity contribution in [3.8, 4) is 0 Å². The molecule has 116 valence electrons. The van der Waals surface area contributed by atoms with E-state index in [4.69, 9.17) is 9.40 Å². The van der Waals surface area contributed by atoms with E-state index in [0.29, 0.717) is 6.54 Å². The van der Waals surface area contributed by atoms with Crippen LogP contribution in [-0.4, -0.2) is 21.9 Å². The molecule has 0 aliphatic carbocycles. The number of oxazole rings is 1. The lowest BCUT2D eigenvalue weighted by molar-refractivity contribution is 0.230. The van der Waals surface area contributed by atoms with Gasteiger partial charge in [0.25, 0.3) is 0 Å². The second kappa shape index (κ2) is 5.76. The van der Waals surface area contributed by atoms with Crippen molar-refractivity contribution >= 4 is 32.7 Å². The molecule has 5 heteroatoms. The van der Waals surface area contributed by atoms with Crippen LogP contribution in [0.1, 0.15) is 23.9 Å². The molecular formula is C18H17N3OS. The van der Waals surface area contributed by atoms with Gasteiger partial charge in [-0.15, -0.1) is 11.3 Å². The summed E-state index contributed by atoms with van der Waals surface area (Å²) in [5, 5.41) is 1.12. The number of rotatable bonds is 4. The van der Waals surface area contributed by atoms with Crippen LogP contribution in [0.2, 0.25) is 0 Å². The quantitative estimate of drug-likeness (QED) is 0.549. The van der Waals surface area contributed by atoms with Crippen LogP contribution in [0.5, 0.6) is 0 Å². The molecule has 0 bridgehead atoms. The Labute approximate surface area is 138 Å². The molecule has 0 aliphatic rings. The molecule has 0 unspecified atom stereocenters. The Hall–Kier alpha value is -2.24. The Morgan fingerprint density at radius 3 is 2.57 bits per heavy atom. The lowest BCUT2D eigenvalue weighted by Crippen LogP contribution is -2.21. The molecule has 1 atom stereocenters. The maximum atomic E-state index is 5.81. The SMILES string of the molecule is C[C@@H](c1nc2ccccc2s1)N(C)Cc1nc2ccccc2o1. The van der Waals surface area contributed by atoms with Crippen molar-refractivity contribution in [1.29, 1.82) is 0 Å². The number of benzene rings is 2. The van der Waals surface area contributed by atoms with Gasteiger partial charge >= 0.3 is 0 Å². The van der Waals surface area contributed by atoms with Crippen LogP contribution in [-0.2, 0) is 6.54 Å². The maximum Gasteiger partial charge on any atom is 0.209 e. The predicted molar refractivity (Wildman–Crippen MR) is 93.5 cm³/mol. The standard InChI is InChI=1S/C18H17N3OS/c1-12(18-20-14-8-4-6-10-16(14)23-18)21(2)11-17-19-13-7-3-5-9-15(13)22-17/h3-10,12H,11H2,1-2H3/t12-/m0/s1. The Balaban J connectivity index is 1.56. The van der Waals surface area contributed by atoms with Gasteiger partial charge in [0.05, 0.1) is 22.8 Å². The summed E-state index contributed by atoms with van der Waals surface area (Å²) in [6.07, 6.45) is 0. The fraction of sp³-hybridized carbons (Fsp3) is 0.222. The molecule has 0 spiro atoms. The third kappa shape index (κ3) is 2.73. The van der Waals surface area contributed by atoms with Gasteiger partial charge in [0, 0.05) is 0 Å². The van der Waals surface area contributed by atoms with Gasteiger partial charge in [-0.05, 0) is 38.2 Å². The molecule has 0 N–H and O–H groups in total. The van der Waals surface area contributed by atoms with E-state index < -0.39 is 0 Å². The third-order valence-electron chi connectivity index (χ3n) is 4.05. The molecule has 2 aromatic carbocycles. The van der Waals surface area contributed by atoms with E-state index in [1.807, 2.05) is 30.3 Å². The molecule has 23 heavy (non-hydrogen) atoms. The number of aromatic nitrogens is 2. The molecule has 0 fully saturated rings. The molecule has 4 nitrogen and oxygen atoms in total. The first-order valence-corrected chi connectivity index (χ1v) is 8.42. The number of nitrogens with zero attached hydrogens (tertiary/aromatic N) is 3. The first-order chi connectivity index (χ1) is 11.2. The van der Waals surface area contributed by atoms with Gasteiger partial charge in [0.1, 0.15) is 10.5 Å². The zero-order valence-electron chi connectivity index (χ0n) is 13.1. The summed E-state index contributed by atoms with van der Waals surface area (Å²) < 4.78 is 7.04. The van der Waals surface area contributed by atoms with E-state index in [-0.39, 0.29) is 6.04 Å². The van der Waals surface area contributed by atoms with Crippen molar-refractivity contribution in [3.05, 3.63) is 59.4 Å². The van der Waals surface area contributed by atoms with Crippen LogP contribution in [0.4, 0.5) is 0 Å². The highest BCUT2D eigenvalue weighted by Gasteiger charge is 2.18. The van der Waals surface area contributed by atoms with Gasteiger partial charge in [-0.3, -0.25) is 4.90 Å². The number of para-hydroxylation sites is 3. The van der Waals surface area contributed by atoms with E-state index >= 15 is 0 Å². The summed E-state index contributed by atoms with van der Waals surface area (Å²) in [7, 11) is 2.07. The molecule has 0 saturated heterocycles. The zero-order valence-corrected chi connectivity index (χ0v) is 13.9. The van der Waals surface area contributed by atoms with Gasteiger partial charge in [-0.2, -0.15) is 0 Å². The molecule has 0 saturated carbocycles. The molecule has 2 aromatic heterocycles. The highest BCUT2D eigenvalue weighted by molar-refractivity contribution is 7.18. The molecule has 0 radical (unpaired) electrons. The summed E-state index contributed by atoms with van der Waals surface area (Å²) >= 11 is 1.75. The average Bonchev–Trinajstić information content (AvgIpc) is 3.16. The lowest BCUT2D eigenvalue weighted by Gasteiger charge is -2.20. The highest BCUT2D eigenvalue weighted by atomic mass is 32.1. The van der Waals surface area contributed by atoms with E-state index in [2.05, 4.69) is 42.1 Å². The van der Waals surface area contributed by atoms with Crippen LogP contribution >= 0.6 is 11.3 Å². The largest absolute Gasteiger partial charge is 0.439 e. The lowest BCUT2D eigenvalue weighted by atomic mass is 10.3. The summed E-state index contributed by atoms with van der Waals surface area (Å²) in [6.45, 7) is 2.83. The summed E-state index contributed by atoms with van der Waals surface area (Å²) in [6, 6.07) is 16.3. The third-order valence-corrected chi connectivity index (χ3v) is 5.26. The first kappa shape index (κ1) is 14.4. The van der Waals surface area contributed by atoms with Crippen molar-refractivity contribution in [3.63, 3.8) is 0 Å². The van der Waals surface area contributed by atoms with Gasteiger partial charge in [0.15, 0.2) is 5.58 Å². The summed E-state index contributed by atoms with van der Waals surface area (Å²) in [5.41, 5.74) is 2.81. The topological polar surface area (TPSA) is 42.2 Å². The minimum atomic E-state index is 0.211. The predicted octanol–water partition coefficient (Wildman–Crippen LogP) is 4.63. The number of fused-ring (bicyclic) bond motifs is 2. The van der Waals surface area contributed by atoms with Crippen molar-refractivity contribution in [2.24, 2.45) is 0 Å². The van der Waals surface area contributed by atoms with Gasteiger partial charge < -0.3 is 4.42 Å². The van der Waals surface area contributed by atoms with Crippen molar-refractivity contribution in [2.45, 2.75) is 19.5 Å². The Morgan fingerprint density at radius 2 is 1.78 bits per heavy atom. The fourth-order valence-electron chi connectivity index (χ4n) is 2.60. The highest BCUT2D eigenvalue weighted by Crippen LogP contribution is 2.29. The molecule has 4 aromatic rings. The fourth-order valence-corrected chi connectivity index (χ4v) is 3.68. The normalized spacial score (nSPS) is 13.2. The van der Waals surface area contributed by atoms with E-state index in [9.17, 15) is 0 Å². The zero-order chi connectivity index (χ0) is 15.8. The molecule has 4 rings (SSSR count). The molecule has 2 heterocycles. The number of thiazole rings is 1. The number of hydrogen-bond acceptors (Lipinski definition) is 5. The smallest absolute Gasteiger partial charge is 0.209 e. The van der Waals surface area contributed by atoms with Crippen molar-refractivity contribution in [2.75, 3.05) is 7.05 Å². The maximum absolute atomic E-state index is 5.81. The summed E-state index contributed by atoms with van der Waals surface area (Å²) in [5.74, 6) is 0.738. The van der Waals surface area contributed by atoms with Gasteiger partial charge in [-0.1, -0.05) is 24.3 Å². The van der Waals surface area contributed by atoms with E-state index in [1.165, 1.54) is 4.70 Å². The molecular weight excluding hydrogens is 306 g/mol. The van der Waals surface area contributed by atoms with E-state index in [0.717, 1.165) is 27.5 Å². The van der Waals surface area contributed by atoms with Crippen LogP contribution in [0.15, 0.2) is 52.9 Å². The van der Waals surface area contributed by atoms with Crippen molar-refractivity contribution < 1.29 is 4.42 Å². The minimum Gasteiger partial charge on any atom is -0.439 e. The summed E-state index contributed by atoms with van der Waals surface area (Å²) in [4.78, 5) is 11.5. The van der Waals surface area contributed by atoms with Gasteiger partial charge in [-0.25, -0.2) is 9.97 Å². The second-order valence-electron chi connectivity index (χ2n) is 5.69. The molecule has 0 amide bonds. The second-order valence-corrected chi connectivity index (χ2v) is 6.75. The number of hydrogen-bond donors (Lipinski definition) is 0. The Bertz CT molecular complexity index is 893. The minimum absolute atomic E-state index is 0.211. The van der Waals surface area contributed by atoms with Crippen LogP contribution in [0, 0.1) is 0 Å². The Kier molecular flexibility index (Phi) is 3.59. The van der Waals surface area contributed by atoms with Crippen LogP contribution < -0.4 is 0 Å². The van der Waals surface area contributed by atoms with E-state index in [1.54, 1.807) is 11.3 Å². The van der Waals surface area contributed by atoms with Gasteiger partial charge in [0.2, 0.25) is 5.89 Å². The molecule has 0 aliphatic heterocycles. The average molecular weight is 323 g/mol.